The average Bonchev–Trinajstić information content (AvgIpc) is 3.86. The molecule has 3 saturated carbocycles. The fourth-order valence-corrected chi connectivity index (χ4v) is 8.51. The number of halogens is 2. The van der Waals surface area contributed by atoms with Gasteiger partial charge < -0.3 is 14.2 Å². The number of sulfone groups is 1. The number of benzene rings is 2. The van der Waals surface area contributed by atoms with Gasteiger partial charge in [0.15, 0.2) is 15.6 Å². The fraction of sp³-hybridized carbons (Fsp3) is 0.467. The zero-order valence-electron chi connectivity index (χ0n) is 21.9. The monoisotopic (exact) mass is 600 g/mol. The molecule has 1 saturated heterocycles. The van der Waals surface area contributed by atoms with Crippen LogP contribution >= 0.6 is 23.2 Å². The normalized spacial score (nSPS) is 24.1. The third-order valence-electron chi connectivity index (χ3n) is 8.77. The average molecular weight is 602 g/mol. The summed E-state index contributed by atoms with van der Waals surface area (Å²) in [6.07, 6.45) is 5.61. The van der Waals surface area contributed by atoms with E-state index >= 15 is 0 Å². The number of fused-ring (bicyclic) bond motifs is 2. The molecular formula is C30H30Cl2N2O5S. The summed E-state index contributed by atoms with van der Waals surface area (Å²) in [5, 5.41) is 5.13. The molecule has 7 rings (SSSR count). The van der Waals surface area contributed by atoms with Crippen LogP contribution in [0.4, 0.5) is 5.69 Å². The van der Waals surface area contributed by atoms with Crippen molar-refractivity contribution in [2.45, 2.75) is 68.4 Å². The van der Waals surface area contributed by atoms with E-state index in [1.165, 1.54) is 0 Å². The Morgan fingerprint density at radius 1 is 1.02 bits per heavy atom. The van der Waals surface area contributed by atoms with Crippen LogP contribution < -0.4 is 4.90 Å². The van der Waals surface area contributed by atoms with E-state index in [0.717, 1.165) is 49.2 Å². The van der Waals surface area contributed by atoms with E-state index in [2.05, 4.69) is 10.1 Å². The molecule has 0 spiro atoms. The maximum atomic E-state index is 12.6. The highest BCUT2D eigenvalue weighted by atomic mass is 35.5. The van der Waals surface area contributed by atoms with Crippen LogP contribution in [0.1, 0.15) is 66.1 Å². The number of piperidine rings is 1. The molecule has 2 bridgehead atoms. The topological polar surface area (TPSA) is 89.7 Å². The number of Topliss-reactive ketones (excluding diaryl/α,β-unsaturated/α-hetero) is 1. The highest BCUT2D eigenvalue weighted by molar-refractivity contribution is 7.93. The smallest absolute Gasteiger partial charge is 0.177 e. The van der Waals surface area contributed by atoms with Crippen LogP contribution in [0.3, 0.4) is 0 Å². The predicted octanol–water partition coefficient (Wildman–Crippen LogP) is 6.47. The van der Waals surface area contributed by atoms with E-state index < -0.39 is 15.6 Å². The Balaban J connectivity index is 1.01. The van der Waals surface area contributed by atoms with E-state index in [0.29, 0.717) is 64.2 Å². The van der Waals surface area contributed by atoms with Gasteiger partial charge in [0.25, 0.3) is 0 Å². The van der Waals surface area contributed by atoms with E-state index in [1.54, 1.807) is 12.1 Å². The van der Waals surface area contributed by atoms with Gasteiger partial charge in [-0.05, 0) is 74.9 Å². The summed E-state index contributed by atoms with van der Waals surface area (Å²) in [6.45, 7) is 1.28. The van der Waals surface area contributed by atoms with Gasteiger partial charge in [-0.2, -0.15) is 0 Å². The number of carbonyl (C=O) groups is 1. The van der Waals surface area contributed by atoms with E-state index in [1.807, 2.05) is 30.3 Å². The minimum Gasteiger partial charge on any atom is -0.373 e. The molecule has 2 heterocycles. The molecule has 3 aromatic rings. The summed E-state index contributed by atoms with van der Waals surface area (Å²) in [6, 6.07) is 13.2. The Bertz CT molecular complexity index is 1540. The largest absolute Gasteiger partial charge is 0.373 e. The number of hydrogen-bond donors (Lipinski definition) is 0. The van der Waals surface area contributed by atoms with Crippen LogP contribution in [-0.4, -0.2) is 49.1 Å². The number of hydrogen-bond acceptors (Lipinski definition) is 7. The highest BCUT2D eigenvalue weighted by Crippen LogP contribution is 2.47. The number of aromatic nitrogens is 1. The standard InChI is InChI=1S/C30H30Cl2N2O5S/c31-24-2-1-3-25(32)28(24)29-23(30(39-33-29)18-4-5-18)15-38-27-13-21-12-19(27)14-34(21)20-8-6-17(7-9-20)26(35)16-40(36,37)22-10-11-22/h1-3,6-9,18-19,21-22,27H,4-5,10-16H2/t19-,21-,27+/m0/s1. The summed E-state index contributed by atoms with van der Waals surface area (Å²) in [5.74, 6) is 0.928. The quantitative estimate of drug-likeness (QED) is 0.246. The molecule has 0 amide bonds. The third kappa shape index (κ3) is 4.97. The fourth-order valence-electron chi connectivity index (χ4n) is 6.32. The summed E-state index contributed by atoms with van der Waals surface area (Å²) in [4.78, 5) is 14.9. The van der Waals surface area contributed by atoms with Gasteiger partial charge in [0.2, 0.25) is 0 Å². The number of ether oxygens (including phenoxy) is 1. The lowest BCUT2D eigenvalue weighted by Gasteiger charge is -2.33. The lowest BCUT2D eigenvalue weighted by atomic mass is 10.0. The first-order chi connectivity index (χ1) is 19.3. The van der Waals surface area contributed by atoms with Crippen LogP contribution in [0.15, 0.2) is 47.0 Å². The van der Waals surface area contributed by atoms with Gasteiger partial charge in [0.1, 0.15) is 17.2 Å². The molecule has 4 aliphatic rings. The van der Waals surface area contributed by atoms with Crippen molar-refractivity contribution in [1.82, 2.24) is 5.16 Å². The van der Waals surface area contributed by atoms with Crippen molar-refractivity contribution in [3.05, 3.63) is 69.4 Å². The molecule has 3 aliphatic carbocycles. The second-order valence-corrected chi connectivity index (χ2v) is 14.7. The number of rotatable bonds is 10. The Kier molecular flexibility index (Phi) is 6.73. The molecule has 4 fully saturated rings. The Morgan fingerprint density at radius 2 is 1.75 bits per heavy atom. The summed E-state index contributed by atoms with van der Waals surface area (Å²) >= 11 is 13.0. The third-order valence-corrected chi connectivity index (χ3v) is 11.6. The molecule has 0 unspecified atom stereocenters. The van der Waals surface area contributed by atoms with Gasteiger partial charge in [-0.3, -0.25) is 4.79 Å². The second-order valence-electron chi connectivity index (χ2n) is 11.6. The van der Waals surface area contributed by atoms with Crippen molar-refractivity contribution >= 4 is 44.5 Å². The molecule has 10 heteroatoms. The first kappa shape index (κ1) is 26.5. The number of carbonyl (C=O) groups excluding carboxylic acids is 1. The minimum absolute atomic E-state index is 0.131. The maximum Gasteiger partial charge on any atom is 0.177 e. The minimum atomic E-state index is -3.32. The summed E-state index contributed by atoms with van der Waals surface area (Å²) < 4.78 is 36.7. The first-order valence-electron chi connectivity index (χ1n) is 13.9. The van der Waals surface area contributed by atoms with Gasteiger partial charge in [0, 0.05) is 46.8 Å². The van der Waals surface area contributed by atoms with E-state index in [-0.39, 0.29) is 17.1 Å². The zero-order chi connectivity index (χ0) is 27.6. The Labute approximate surface area is 243 Å². The molecule has 210 valence electrons. The number of nitrogens with zero attached hydrogens (tertiary/aromatic N) is 2. The predicted molar refractivity (Wildman–Crippen MR) is 154 cm³/mol. The van der Waals surface area contributed by atoms with Crippen LogP contribution in [0.2, 0.25) is 10.0 Å². The Morgan fingerprint density at radius 3 is 2.38 bits per heavy atom. The van der Waals surface area contributed by atoms with Gasteiger partial charge >= 0.3 is 0 Å². The number of anilines is 1. The number of ketones is 1. The first-order valence-corrected chi connectivity index (χ1v) is 16.4. The lowest BCUT2D eigenvalue weighted by Crippen LogP contribution is -2.38. The SMILES string of the molecule is O=C(CS(=O)(=O)C1CC1)c1ccc(N2C[C@@H]3C[C@H]2C[C@H]3OCc2c(-c3c(Cl)cccc3Cl)noc2C2CC2)cc1. The highest BCUT2D eigenvalue weighted by Gasteiger charge is 2.46. The van der Waals surface area contributed by atoms with Gasteiger partial charge in [-0.15, -0.1) is 0 Å². The van der Waals surface area contributed by atoms with Crippen LogP contribution in [0.25, 0.3) is 11.3 Å². The summed E-state index contributed by atoms with van der Waals surface area (Å²) in [5.41, 5.74) is 3.81. The molecule has 7 nitrogen and oxygen atoms in total. The van der Waals surface area contributed by atoms with Gasteiger partial charge in [-0.25, -0.2) is 8.42 Å². The van der Waals surface area contributed by atoms with Gasteiger partial charge in [0.05, 0.1) is 28.0 Å². The van der Waals surface area contributed by atoms with Crippen LogP contribution in [0.5, 0.6) is 0 Å². The van der Waals surface area contributed by atoms with Crippen molar-refractivity contribution < 1.29 is 22.5 Å². The molecule has 40 heavy (non-hydrogen) atoms. The van der Waals surface area contributed by atoms with Crippen LogP contribution in [-0.2, 0) is 21.2 Å². The molecule has 1 aliphatic heterocycles. The zero-order valence-corrected chi connectivity index (χ0v) is 24.2. The molecule has 0 radical (unpaired) electrons. The molecule has 3 atom stereocenters. The van der Waals surface area contributed by atoms with E-state index in [9.17, 15) is 13.2 Å². The molecule has 0 N–H and O–H groups in total. The van der Waals surface area contributed by atoms with Crippen molar-refractivity contribution in [2.24, 2.45) is 5.92 Å². The lowest BCUT2D eigenvalue weighted by molar-refractivity contribution is 0.0122. The Hall–Kier alpha value is -2.39. The van der Waals surface area contributed by atoms with Crippen LogP contribution in [0, 0.1) is 5.92 Å². The maximum absolute atomic E-state index is 12.6. The molecule has 1 aromatic heterocycles. The van der Waals surface area contributed by atoms with E-state index in [4.69, 9.17) is 32.5 Å². The molecule has 2 aromatic carbocycles. The van der Waals surface area contributed by atoms with Crippen molar-refractivity contribution in [3.63, 3.8) is 0 Å². The summed E-state index contributed by atoms with van der Waals surface area (Å²) in [7, 11) is -3.32. The molecular weight excluding hydrogens is 571 g/mol. The second kappa shape index (κ2) is 10.2. The van der Waals surface area contributed by atoms with Crippen molar-refractivity contribution in [3.8, 4) is 11.3 Å². The van der Waals surface area contributed by atoms with Crippen molar-refractivity contribution in [1.29, 1.82) is 0 Å². The van der Waals surface area contributed by atoms with Crippen molar-refractivity contribution in [2.75, 3.05) is 17.2 Å². The van der Waals surface area contributed by atoms with Gasteiger partial charge in [-0.1, -0.05) is 34.4 Å².